The van der Waals surface area contributed by atoms with E-state index >= 15 is 0 Å². The topological polar surface area (TPSA) is 52.7 Å². The number of para-hydroxylation sites is 1. The van der Waals surface area contributed by atoms with Crippen LogP contribution < -0.4 is 10.2 Å². The highest BCUT2D eigenvalue weighted by molar-refractivity contribution is 9.10. The molecule has 3 aromatic rings. The molecule has 0 aromatic heterocycles. The number of hydrogen-bond acceptors (Lipinski definition) is 4. The van der Waals surface area contributed by atoms with Crippen molar-refractivity contribution in [3.05, 3.63) is 92.6 Å². The first kappa shape index (κ1) is 23.6. The van der Waals surface area contributed by atoms with Crippen LogP contribution in [-0.4, -0.2) is 49.3 Å². The first-order valence-corrected chi connectivity index (χ1v) is 12.1. The molecule has 1 aliphatic rings. The number of rotatable bonds is 6. The van der Waals surface area contributed by atoms with E-state index in [1.807, 2.05) is 28.0 Å². The van der Waals surface area contributed by atoms with Gasteiger partial charge in [0.25, 0.3) is 0 Å². The predicted octanol–water partition coefficient (Wildman–Crippen LogP) is 5.34. The zero-order valence-corrected chi connectivity index (χ0v) is 20.9. The van der Waals surface area contributed by atoms with E-state index in [0.717, 1.165) is 4.47 Å². The number of amides is 1. The number of anilines is 2. The second-order valence-corrected chi connectivity index (χ2v) is 9.53. The number of piperazine rings is 1. The largest absolute Gasteiger partial charge is 0.367 e. The van der Waals surface area contributed by atoms with Gasteiger partial charge in [-0.25, -0.2) is 4.39 Å². The highest BCUT2D eigenvalue weighted by atomic mass is 79.9. The number of halogens is 3. The summed E-state index contributed by atoms with van der Waals surface area (Å²) in [5.74, 6) is -0.614. The molecule has 5 nitrogen and oxygen atoms in total. The van der Waals surface area contributed by atoms with Gasteiger partial charge in [-0.15, -0.1) is 0 Å². The lowest BCUT2D eigenvalue weighted by atomic mass is 10.0. The maximum atomic E-state index is 14.0. The Labute approximate surface area is 208 Å². The fourth-order valence-corrected chi connectivity index (χ4v) is 4.68. The summed E-state index contributed by atoms with van der Waals surface area (Å²) >= 11 is 6.84. The Balaban J connectivity index is 1.41. The van der Waals surface area contributed by atoms with E-state index in [2.05, 4.69) is 37.2 Å². The van der Waals surface area contributed by atoms with Crippen molar-refractivity contribution in [1.29, 1.82) is 0 Å². The van der Waals surface area contributed by atoms with Crippen molar-refractivity contribution < 1.29 is 14.0 Å². The summed E-state index contributed by atoms with van der Waals surface area (Å²) < 4.78 is 15.5. The van der Waals surface area contributed by atoms with Gasteiger partial charge in [-0.2, -0.15) is 0 Å². The second-order valence-electron chi connectivity index (χ2n) is 7.76. The molecule has 8 heteroatoms. The van der Waals surface area contributed by atoms with E-state index in [0.29, 0.717) is 53.2 Å². The summed E-state index contributed by atoms with van der Waals surface area (Å²) in [7, 11) is 0. The zero-order valence-electron chi connectivity index (χ0n) is 17.7. The van der Waals surface area contributed by atoms with Crippen molar-refractivity contribution in [2.75, 3.05) is 42.9 Å². The highest BCUT2D eigenvalue weighted by Gasteiger charge is 2.22. The quantitative estimate of drug-likeness (QED) is 0.404. The Morgan fingerprint density at radius 2 is 1.58 bits per heavy atom. The summed E-state index contributed by atoms with van der Waals surface area (Å²) in [5.41, 5.74) is 1.99. The molecule has 0 aliphatic carbocycles. The first-order valence-electron chi connectivity index (χ1n) is 10.5. The minimum absolute atomic E-state index is 0.183. The van der Waals surface area contributed by atoms with Gasteiger partial charge < -0.3 is 10.2 Å². The van der Waals surface area contributed by atoms with Crippen molar-refractivity contribution in [1.82, 2.24) is 4.90 Å². The van der Waals surface area contributed by atoms with Crippen LogP contribution in [0.15, 0.2) is 75.7 Å². The average Bonchev–Trinajstić information content (AvgIpc) is 2.81. The molecule has 0 bridgehead atoms. The molecule has 1 heterocycles. The lowest BCUT2D eigenvalue weighted by Gasteiger charge is -2.35. The molecule has 1 N–H and O–H groups in total. The van der Waals surface area contributed by atoms with Crippen LogP contribution in [0.1, 0.15) is 15.9 Å². The van der Waals surface area contributed by atoms with Crippen LogP contribution in [0.5, 0.6) is 0 Å². The Morgan fingerprint density at radius 1 is 0.879 bits per heavy atom. The van der Waals surface area contributed by atoms with Crippen LogP contribution in [-0.2, 0) is 4.79 Å². The lowest BCUT2D eigenvalue weighted by molar-refractivity contribution is -0.117. The fourth-order valence-electron chi connectivity index (χ4n) is 3.85. The summed E-state index contributed by atoms with van der Waals surface area (Å²) in [5, 5.41) is 2.90. The van der Waals surface area contributed by atoms with E-state index in [4.69, 9.17) is 0 Å². The van der Waals surface area contributed by atoms with Crippen LogP contribution >= 0.6 is 31.9 Å². The first-order chi connectivity index (χ1) is 15.9. The number of nitrogens with one attached hydrogen (secondary N) is 1. The van der Waals surface area contributed by atoms with Gasteiger partial charge in [-0.1, -0.05) is 56.1 Å². The number of benzene rings is 3. The monoisotopic (exact) mass is 573 g/mol. The molecule has 0 atom stereocenters. The molecule has 1 amide bonds. The number of carbonyl (C=O) groups excluding carboxylic acids is 2. The third kappa shape index (κ3) is 5.69. The Morgan fingerprint density at radius 3 is 2.30 bits per heavy atom. The predicted molar refractivity (Wildman–Crippen MR) is 135 cm³/mol. The minimum atomic E-state index is -0.235. The summed E-state index contributed by atoms with van der Waals surface area (Å²) in [6, 6.07) is 19.2. The third-order valence-electron chi connectivity index (χ3n) is 5.55. The van der Waals surface area contributed by atoms with Crippen LogP contribution in [0.25, 0.3) is 0 Å². The van der Waals surface area contributed by atoms with Gasteiger partial charge in [0.15, 0.2) is 5.78 Å². The van der Waals surface area contributed by atoms with Gasteiger partial charge in [-0.3, -0.25) is 14.5 Å². The van der Waals surface area contributed by atoms with Crippen LogP contribution in [0, 0.1) is 5.82 Å². The smallest absolute Gasteiger partial charge is 0.238 e. The summed E-state index contributed by atoms with van der Waals surface area (Å²) in [6.45, 7) is 2.76. The number of carbonyl (C=O) groups is 2. The molecule has 1 saturated heterocycles. The van der Waals surface area contributed by atoms with Crippen LogP contribution in [0.2, 0.25) is 0 Å². The minimum Gasteiger partial charge on any atom is -0.367 e. The highest BCUT2D eigenvalue weighted by Crippen LogP contribution is 2.27. The molecule has 0 spiro atoms. The molecule has 170 valence electrons. The average molecular weight is 575 g/mol. The molecule has 0 unspecified atom stereocenters. The molecule has 4 rings (SSSR count). The maximum Gasteiger partial charge on any atom is 0.238 e. The van der Waals surface area contributed by atoms with Gasteiger partial charge >= 0.3 is 0 Å². The number of nitrogens with zero attached hydrogens (tertiary/aromatic N) is 2. The number of ketones is 1. The van der Waals surface area contributed by atoms with E-state index in [1.54, 1.807) is 42.5 Å². The van der Waals surface area contributed by atoms with Crippen molar-refractivity contribution in [2.45, 2.75) is 0 Å². The molecule has 3 aromatic carbocycles. The summed E-state index contributed by atoms with van der Waals surface area (Å²) in [6.07, 6.45) is 0. The van der Waals surface area contributed by atoms with E-state index in [9.17, 15) is 14.0 Å². The Hall–Kier alpha value is -2.55. The lowest BCUT2D eigenvalue weighted by Crippen LogP contribution is -2.49. The molecular formula is C25H22Br2FN3O2. The van der Waals surface area contributed by atoms with Crippen LogP contribution in [0.3, 0.4) is 0 Å². The number of hydrogen-bond donors (Lipinski definition) is 1. The van der Waals surface area contributed by atoms with E-state index in [-0.39, 0.29) is 24.1 Å². The molecule has 0 saturated carbocycles. The van der Waals surface area contributed by atoms with Crippen molar-refractivity contribution in [3.8, 4) is 0 Å². The van der Waals surface area contributed by atoms with Gasteiger partial charge in [-0.05, 0) is 42.5 Å². The van der Waals surface area contributed by atoms with Crippen molar-refractivity contribution in [2.24, 2.45) is 0 Å². The van der Waals surface area contributed by atoms with Crippen molar-refractivity contribution >= 4 is 54.9 Å². The molecule has 1 aliphatic heterocycles. The second kappa shape index (κ2) is 10.6. The van der Waals surface area contributed by atoms with Gasteiger partial charge in [0, 0.05) is 46.3 Å². The Kier molecular flexibility index (Phi) is 7.57. The normalized spacial score (nSPS) is 14.2. The van der Waals surface area contributed by atoms with E-state index in [1.165, 1.54) is 6.07 Å². The maximum absolute atomic E-state index is 14.0. The molecular weight excluding hydrogens is 553 g/mol. The van der Waals surface area contributed by atoms with E-state index < -0.39 is 0 Å². The fraction of sp³-hybridized carbons (Fsp3) is 0.200. The van der Waals surface area contributed by atoms with Gasteiger partial charge in [0.1, 0.15) is 5.82 Å². The SMILES string of the molecule is O=C(CN1CCN(c2ccccc2F)CC1)Nc1ccc(Br)cc1C(=O)c1ccccc1Br. The Bertz CT molecular complexity index is 1180. The van der Waals surface area contributed by atoms with Crippen LogP contribution in [0.4, 0.5) is 15.8 Å². The van der Waals surface area contributed by atoms with Gasteiger partial charge in [0.05, 0.1) is 17.9 Å². The third-order valence-corrected chi connectivity index (χ3v) is 6.74. The molecule has 1 fully saturated rings. The molecule has 0 radical (unpaired) electrons. The molecule has 33 heavy (non-hydrogen) atoms. The standard InChI is InChI=1S/C25H22Br2FN3O2/c26-17-9-10-22(19(15-17)25(33)18-5-1-2-6-20(18)27)29-24(32)16-30-11-13-31(14-12-30)23-8-4-3-7-21(23)28/h1-10,15H,11-14,16H2,(H,29,32). The van der Waals surface area contributed by atoms with Gasteiger partial charge in [0.2, 0.25) is 5.91 Å². The summed E-state index contributed by atoms with van der Waals surface area (Å²) in [4.78, 5) is 30.0. The van der Waals surface area contributed by atoms with Crippen molar-refractivity contribution in [3.63, 3.8) is 0 Å². The zero-order chi connectivity index (χ0) is 23.4.